The van der Waals surface area contributed by atoms with Crippen molar-refractivity contribution in [2.24, 2.45) is 11.8 Å². The molecule has 0 spiro atoms. The first kappa shape index (κ1) is 12.7. The summed E-state index contributed by atoms with van der Waals surface area (Å²) in [6.07, 6.45) is 4.27. The lowest BCUT2D eigenvalue weighted by atomic mass is 10.0. The normalized spacial score (nSPS) is 26.1. The molecule has 0 bridgehead atoms. The van der Waals surface area contributed by atoms with Crippen LogP contribution >= 0.6 is 0 Å². The van der Waals surface area contributed by atoms with Gasteiger partial charge in [-0.1, -0.05) is 6.08 Å². The first-order valence-electron chi connectivity index (χ1n) is 5.68. The van der Waals surface area contributed by atoms with Gasteiger partial charge in [0.25, 0.3) is 0 Å². The van der Waals surface area contributed by atoms with Gasteiger partial charge in [-0.25, -0.2) is 0 Å². The summed E-state index contributed by atoms with van der Waals surface area (Å²) in [6.45, 7) is 5.53. The van der Waals surface area contributed by atoms with Gasteiger partial charge in [0, 0.05) is 12.0 Å². The Morgan fingerprint density at radius 2 is 2.12 bits per heavy atom. The number of hydrogen-bond acceptors (Lipinski definition) is 2. The zero-order valence-corrected chi connectivity index (χ0v) is 9.61. The van der Waals surface area contributed by atoms with E-state index in [1.807, 2.05) is 6.92 Å². The van der Waals surface area contributed by atoms with E-state index < -0.39 is 5.97 Å². The minimum atomic E-state index is -0.783. The molecular formula is C12H19NO3. The summed E-state index contributed by atoms with van der Waals surface area (Å²) in [4.78, 5) is 22.5. The molecule has 0 saturated heterocycles. The van der Waals surface area contributed by atoms with Crippen molar-refractivity contribution >= 4 is 11.9 Å². The summed E-state index contributed by atoms with van der Waals surface area (Å²) < 4.78 is 0. The molecule has 0 heterocycles. The van der Waals surface area contributed by atoms with Gasteiger partial charge in [0.15, 0.2) is 0 Å². The topological polar surface area (TPSA) is 66.4 Å². The predicted molar refractivity (Wildman–Crippen MR) is 60.9 cm³/mol. The second kappa shape index (κ2) is 5.68. The highest BCUT2D eigenvalue weighted by Crippen LogP contribution is 2.31. The highest BCUT2D eigenvalue weighted by atomic mass is 16.4. The Bertz CT molecular complexity index is 288. The van der Waals surface area contributed by atoms with Crippen LogP contribution in [0.15, 0.2) is 12.7 Å². The molecule has 1 amide bonds. The van der Waals surface area contributed by atoms with Gasteiger partial charge in [-0.15, -0.1) is 6.58 Å². The molecule has 1 saturated carbocycles. The number of carboxylic acid groups (broad SMARTS) is 1. The van der Waals surface area contributed by atoms with Crippen LogP contribution in [0.2, 0.25) is 0 Å². The summed E-state index contributed by atoms with van der Waals surface area (Å²) in [5.41, 5.74) is 0. The van der Waals surface area contributed by atoms with E-state index in [2.05, 4.69) is 11.9 Å². The third-order valence-corrected chi connectivity index (χ3v) is 3.06. The molecule has 0 aromatic carbocycles. The van der Waals surface area contributed by atoms with Crippen molar-refractivity contribution in [3.8, 4) is 0 Å². The fourth-order valence-electron chi connectivity index (χ4n) is 2.11. The SMILES string of the molecule is C=CCC(C)NC(=O)[C@@H]1CC[C@H](C(=O)O)C1. The Hall–Kier alpha value is -1.32. The molecule has 0 radical (unpaired) electrons. The van der Waals surface area contributed by atoms with Crippen LogP contribution in [0.4, 0.5) is 0 Å². The van der Waals surface area contributed by atoms with Gasteiger partial charge in [-0.05, 0) is 32.6 Å². The summed E-state index contributed by atoms with van der Waals surface area (Å²) in [5.74, 6) is -1.27. The molecule has 1 aliphatic rings. The number of carbonyl (C=O) groups excluding carboxylic acids is 1. The lowest BCUT2D eigenvalue weighted by Crippen LogP contribution is -2.36. The highest BCUT2D eigenvalue weighted by Gasteiger charge is 2.33. The Balaban J connectivity index is 2.39. The first-order valence-corrected chi connectivity index (χ1v) is 5.68. The number of hydrogen-bond donors (Lipinski definition) is 2. The molecule has 90 valence electrons. The zero-order chi connectivity index (χ0) is 12.1. The average Bonchev–Trinajstić information content (AvgIpc) is 2.66. The quantitative estimate of drug-likeness (QED) is 0.698. The fourth-order valence-corrected chi connectivity index (χ4v) is 2.11. The maximum absolute atomic E-state index is 11.8. The van der Waals surface area contributed by atoms with E-state index in [4.69, 9.17) is 5.11 Å². The standard InChI is InChI=1S/C12H19NO3/c1-3-4-8(2)13-11(14)9-5-6-10(7-9)12(15)16/h3,8-10H,1,4-7H2,2H3,(H,13,14)(H,15,16)/t8?,9-,10+/m1/s1. The van der Waals surface area contributed by atoms with Gasteiger partial charge in [0.05, 0.1) is 5.92 Å². The van der Waals surface area contributed by atoms with Crippen molar-refractivity contribution < 1.29 is 14.7 Å². The fraction of sp³-hybridized carbons (Fsp3) is 0.667. The van der Waals surface area contributed by atoms with Crippen LogP contribution in [0.5, 0.6) is 0 Å². The minimum Gasteiger partial charge on any atom is -0.481 e. The number of aliphatic carboxylic acids is 1. The molecule has 1 aliphatic carbocycles. The summed E-state index contributed by atoms with van der Waals surface area (Å²) in [7, 11) is 0. The highest BCUT2D eigenvalue weighted by molar-refractivity contribution is 5.81. The predicted octanol–water partition coefficient (Wildman–Crippen LogP) is 1.57. The molecule has 1 fully saturated rings. The van der Waals surface area contributed by atoms with Crippen molar-refractivity contribution in [3.63, 3.8) is 0 Å². The van der Waals surface area contributed by atoms with E-state index in [1.54, 1.807) is 6.08 Å². The summed E-state index contributed by atoms with van der Waals surface area (Å²) in [6, 6.07) is 0.0777. The zero-order valence-electron chi connectivity index (χ0n) is 9.61. The summed E-state index contributed by atoms with van der Waals surface area (Å²) in [5, 5.41) is 11.7. The van der Waals surface area contributed by atoms with Crippen LogP contribution in [-0.4, -0.2) is 23.0 Å². The molecule has 3 atom stereocenters. The number of carbonyl (C=O) groups is 2. The van der Waals surface area contributed by atoms with Crippen molar-refractivity contribution in [2.45, 2.75) is 38.6 Å². The number of rotatable bonds is 5. The maximum atomic E-state index is 11.8. The number of amides is 1. The monoisotopic (exact) mass is 225 g/mol. The molecule has 1 unspecified atom stereocenters. The lowest BCUT2D eigenvalue weighted by molar-refractivity contribution is -0.141. The van der Waals surface area contributed by atoms with E-state index in [9.17, 15) is 9.59 Å². The van der Waals surface area contributed by atoms with Crippen LogP contribution in [0.3, 0.4) is 0 Å². The summed E-state index contributed by atoms with van der Waals surface area (Å²) >= 11 is 0. The first-order chi connectivity index (χ1) is 7.54. The van der Waals surface area contributed by atoms with Gasteiger partial charge in [-0.3, -0.25) is 9.59 Å². The van der Waals surface area contributed by atoms with E-state index in [0.29, 0.717) is 19.3 Å². The lowest BCUT2D eigenvalue weighted by Gasteiger charge is -2.15. The Labute approximate surface area is 95.7 Å². The van der Waals surface area contributed by atoms with Crippen LogP contribution in [0, 0.1) is 11.8 Å². The molecule has 0 aromatic heterocycles. The second-order valence-electron chi connectivity index (χ2n) is 4.48. The molecule has 0 aromatic rings. The minimum absolute atomic E-state index is 0.0156. The Morgan fingerprint density at radius 1 is 1.50 bits per heavy atom. The van der Waals surface area contributed by atoms with E-state index in [-0.39, 0.29) is 23.8 Å². The molecule has 4 heteroatoms. The van der Waals surface area contributed by atoms with Crippen LogP contribution < -0.4 is 5.32 Å². The number of nitrogens with one attached hydrogen (secondary N) is 1. The van der Waals surface area contributed by atoms with Crippen LogP contribution in [-0.2, 0) is 9.59 Å². The van der Waals surface area contributed by atoms with Gasteiger partial charge in [0.1, 0.15) is 0 Å². The van der Waals surface area contributed by atoms with E-state index >= 15 is 0 Å². The third-order valence-electron chi connectivity index (χ3n) is 3.06. The van der Waals surface area contributed by atoms with E-state index in [0.717, 1.165) is 6.42 Å². The molecule has 0 aliphatic heterocycles. The second-order valence-corrected chi connectivity index (χ2v) is 4.48. The molecule has 16 heavy (non-hydrogen) atoms. The van der Waals surface area contributed by atoms with Crippen LogP contribution in [0.1, 0.15) is 32.6 Å². The molecular weight excluding hydrogens is 206 g/mol. The van der Waals surface area contributed by atoms with Crippen molar-refractivity contribution in [1.82, 2.24) is 5.32 Å². The van der Waals surface area contributed by atoms with Gasteiger partial charge in [0.2, 0.25) is 5.91 Å². The average molecular weight is 225 g/mol. The molecule has 2 N–H and O–H groups in total. The largest absolute Gasteiger partial charge is 0.481 e. The molecule has 1 rings (SSSR count). The van der Waals surface area contributed by atoms with Crippen molar-refractivity contribution in [2.75, 3.05) is 0 Å². The van der Waals surface area contributed by atoms with Gasteiger partial charge in [-0.2, -0.15) is 0 Å². The smallest absolute Gasteiger partial charge is 0.306 e. The Morgan fingerprint density at radius 3 is 2.62 bits per heavy atom. The van der Waals surface area contributed by atoms with Crippen molar-refractivity contribution in [1.29, 1.82) is 0 Å². The van der Waals surface area contributed by atoms with E-state index in [1.165, 1.54) is 0 Å². The van der Waals surface area contributed by atoms with Gasteiger partial charge >= 0.3 is 5.97 Å². The Kier molecular flexibility index (Phi) is 4.52. The third kappa shape index (κ3) is 3.36. The number of carboxylic acids is 1. The molecule has 4 nitrogen and oxygen atoms in total. The van der Waals surface area contributed by atoms with Gasteiger partial charge < -0.3 is 10.4 Å². The van der Waals surface area contributed by atoms with Crippen LogP contribution in [0.25, 0.3) is 0 Å². The van der Waals surface area contributed by atoms with Crippen molar-refractivity contribution in [3.05, 3.63) is 12.7 Å². The maximum Gasteiger partial charge on any atom is 0.306 e.